The molecule has 0 bridgehead atoms. The summed E-state index contributed by atoms with van der Waals surface area (Å²) < 4.78 is 0. The molecule has 0 amide bonds. The topological polar surface area (TPSA) is 0 Å². The quantitative estimate of drug-likeness (QED) is 0.140. The molecule has 0 N–H and O–H groups in total. The van der Waals surface area contributed by atoms with Gasteiger partial charge in [-0.25, -0.2) is 0 Å². The number of rotatable bonds is 8. The van der Waals surface area contributed by atoms with Crippen LogP contribution in [0.5, 0.6) is 0 Å². The van der Waals surface area contributed by atoms with Gasteiger partial charge in [0.1, 0.15) is 0 Å². The molecule has 0 aliphatic heterocycles. The zero-order valence-electron chi connectivity index (χ0n) is 33.8. The third-order valence-electron chi connectivity index (χ3n) is 13.7. The molecule has 0 nitrogen and oxygen atoms in total. The minimum absolute atomic E-state index is 0.294. The fourth-order valence-corrected chi connectivity index (χ4v) is 9.24. The maximum atomic E-state index is 2.56. The summed E-state index contributed by atoms with van der Waals surface area (Å²) in [6.07, 6.45) is 10.8. The maximum Gasteiger partial charge on any atom is -0.00208 e. The van der Waals surface area contributed by atoms with E-state index < -0.39 is 0 Å². The van der Waals surface area contributed by atoms with Gasteiger partial charge in [0.2, 0.25) is 0 Å². The van der Waals surface area contributed by atoms with E-state index in [0.717, 1.165) is 11.8 Å². The first-order valence-electron chi connectivity index (χ1n) is 20.6. The van der Waals surface area contributed by atoms with E-state index in [4.69, 9.17) is 0 Å². The van der Waals surface area contributed by atoms with Crippen molar-refractivity contribution in [2.75, 3.05) is 0 Å². The SMILES string of the molecule is CC.CC1CCC1(CCC(C)(C)C(C)(C)C1CCC1)c1cccc(-c2cccc(-c3ccc4c5ccccc5c5ccccc5c4c3)c2)c1.CCC. The Bertz CT molecular complexity index is 2090. The molecule has 0 radical (unpaired) electrons. The highest BCUT2D eigenvalue weighted by Gasteiger charge is 2.49. The number of hydrogen-bond acceptors (Lipinski definition) is 0. The molecule has 2 fully saturated rings. The number of benzene rings is 6. The van der Waals surface area contributed by atoms with E-state index in [1.54, 1.807) is 5.56 Å². The Hall–Kier alpha value is -3.90. The zero-order valence-corrected chi connectivity index (χ0v) is 33.8. The van der Waals surface area contributed by atoms with Crippen molar-refractivity contribution in [1.29, 1.82) is 0 Å². The molecule has 0 heterocycles. The molecule has 52 heavy (non-hydrogen) atoms. The Morgan fingerprint density at radius 3 is 1.52 bits per heavy atom. The van der Waals surface area contributed by atoms with Gasteiger partial charge in [0, 0.05) is 0 Å². The van der Waals surface area contributed by atoms with Gasteiger partial charge < -0.3 is 0 Å². The second-order valence-corrected chi connectivity index (χ2v) is 17.0. The van der Waals surface area contributed by atoms with E-state index in [1.165, 1.54) is 106 Å². The molecule has 0 saturated heterocycles. The average molecular weight is 689 g/mol. The standard InChI is InChI=1S/C47H50.C3H8.C2H6/c1-32-25-26-47(32,28-27-45(2,3)46(4,5)37-16-12-17-37)38-18-11-15-35(30-38)33-13-10-14-34(29-33)36-23-24-43-41-21-7-6-19-39(41)40-20-8-9-22-42(40)44(43)31-36;1-3-2;1-2/h6-11,13-15,18-24,29-32,37H,12,16-17,25-28H2,1-5H3;3H2,1-2H3;1-2H3. The molecule has 2 aliphatic carbocycles. The monoisotopic (exact) mass is 689 g/mol. The van der Waals surface area contributed by atoms with Crippen LogP contribution < -0.4 is 0 Å². The fourth-order valence-electron chi connectivity index (χ4n) is 9.24. The van der Waals surface area contributed by atoms with E-state index in [2.05, 4.69) is 164 Å². The lowest BCUT2D eigenvalue weighted by Gasteiger charge is -2.54. The Morgan fingerprint density at radius 2 is 1.04 bits per heavy atom. The first kappa shape index (κ1) is 37.8. The third-order valence-corrected chi connectivity index (χ3v) is 13.7. The Balaban J connectivity index is 0.000000884. The van der Waals surface area contributed by atoms with Gasteiger partial charge in [-0.1, -0.05) is 178 Å². The molecule has 0 heteroatoms. The van der Waals surface area contributed by atoms with Crippen molar-refractivity contribution in [3.8, 4) is 22.3 Å². The summed E-state index contributed by atoms with van der Waals surface area (Å²) in [7, 11) is 0. The van der Waals surface area contributed by atoms with Crippen LogP contribution in [-0.2, 0) is 5.41 Å². The molecule has 6 aromatic carbocycles. The average Bonchev–Trinajstić information content (AvgIpc) is 3.14. The lowest BCUT2D eigenvalue weighted by atomic mass is 9.50. The lowest BCUT2D eigenvalue weighted by molar-refractivity contribution is -0.0208. The summed E-state index contributed by atoms with van der Waals surface area (Å²) in [5, 5.41) is 7.96. The van der Waals surface area contributed by atoms with E-state index >= 15 is 0 Å². The summed E-state index contributed by atoms with van der Waals surface area (Å²) in [6.45, 7) is 21.0. The molecule has 6 aromatic rings. The molecular weight excluding hydrogens is 625 g/mol. The van der Waals surface area contributed by atoms with Gasteiger partial charge in [-0.3, -0.25) is 0 Å². The number of hydrogen-bond donors (Lipinski definition) is 0. The summed E-state index contributed by atoms with van der Waals surface area (Å²) in [6, 6.07) is 43.6. The predicted molar refractivity (Wildman–Crippen MR) is 231 cm³/mol. The Kier molecular flexibility index (Phi) is 11.4. The van der Waals surface area contributed by atoms with Crippen LogP contribution in [0.15, 0.2) is 115 Å². The minimum Gasteiger partial charge on any atom is -0.0683 e. The van der Waals surface area contributed by atoms with Crippen LogP contribution in [0, 0.1) is 22.7 Å². The molecule has 0 aromatic heterocycles. The van der Waals surface area contributed by atoms with Crippen molar-refractivity contribution in [3.63, 3.8) is 0 Å². The second-order valence-electron chi connectivity index (χ2n) is 17.0. The smallest absolute Gasteiger partial charge is 0.00208 e. The van der Waals surface area contributed by atoms with Crippen molar-refractivity contribution in [2.45, 2.75) is 119 Å². The third kappa shape index (κ3) is 6.84. The van der Waals surface area contributed by atoms with Gasteiger partial charge in [-0.15, -0.1) is 0 Å². The van der Waals surface area contributed by atoms with E-state index in [9.17, 15) is 0 Å². The van der Waals surface area contributed by atoms with Crippen molar-refractivity contribution in [3.05, 3.63) is 121 Å². The van der Waals surface area contributed by atoms with Crippen molar-refractivity contribution in [1.82, 2.24) is 0 Å². The van der Waals surface area contributed by atoms with Crippen LogP contribution in [0.4, 0.5) is 0 Å². The van der Waals surface area contributed by atoms with Crippen LogP contribution in [0.2, 0.25) is 0 Å². The second kappa shape index (κ2) is 15.6. The predicted octanol–water partition coefficient (Wildman–Crippen LogP) is 16.2. The first-order chi connectivity index (χ1) is 25.1. The highest BCUT2D eigenvalue weighted by molar-refractivity contribution is 6.25. The number of fused-ring (bicyclic) bond motifs is 6. The fraction of sp³-hybridized carbons (Fsp3) is 0.423. The van der Waals surface area contributed by atoms with Crippen LogP contribution in [-0.4, -0.2) is 0 Å². The van der Waals surface area contributed by atoms with Gasteiger partial charge in [0.25, 0.3) is 0 Å². The van der Waals surface area contributed by atoms with Gasteiger partial charge in [-0.05, 0) is 139 Å². The van der Waals surface area contributed by atoms with Gasteiger partial charge >= 0.3 is 0 Å². The lowest BCUT2D eigenvalue weighted by Crippen LogP contribution is -2.46. The molecule has 272 valence electrons. The highest BCUT2D eigenvalue weighted by Crippen LogP contribution is 2.58. The Morgan fingerprint density at radius 1 is 0.558 bits per heavy atom. The summed E-state index contributed by atoms with van der Waals surface area (Å²) in [4.78, 5) is 0. The molecule has 2 saturated carbocycles. The largest absolute Gasteiger partial charge is 0.0683 e. The first-order valence-corrected chi connectivity index (χ1v) is 20.6. The van der Waals surface area contributed by atoms with Crippen LogP contribution in [0.1, 0.15) is 119 Å². The van der Waals surface area contributed by atoms with E-state index in [-0.39, 0.29) is 0 Å². The van der Waals surface area contributed by atoms with Crippen LogP contribution >= 0.6 is 0 Å². The molecule has 2 atom stereocenters. The molecule has 8 rings (SSSR count). The molecular formula is C52H64. The highest BCUT2D eigenvalue weighted by atomic mass is 14.5. The Labute approximate surface area is 316 Å². The molecule has 2 unspecified atom stereocenters. The van der Waals surface area contributed by atoms with Gasteiger partial charge in [0.05, 0.1) is 0 Å². The van der Waals surface area contributed by atoms with Gasteiger partial charge in [0.15, 0.2) is 0 Å². The molecule has 0 spiro atoms. The van der Waals surface area contributed by atoms with Crippen LogP contribution in [0.3, 0.4) is 0 Å². The minimum atomic E-state index is 0.294. The van der Waals surface area contributed by atoms with Crippen molar-refractivity contribution in [2.24, 2.45) is 22.7 Å². The molecule has 2 aliphatic rings. The van der Waals surface area contributed by atoms with E-state index in [0.29, 0.717) is 16.2 Å². The van der Waals surface area contributed by atoms with Crippen molar-refractivity contribution < 1.29 is 0 Å². The summed E-state index contributed by atoms with van der Waals surface area (Å²) >= 11 is 0. The maximum absolute atomic E-state index is 2.56. The van der Waals surface area contributed by atoms with Gasteiger partial charge in [-0.2, -0.15) is 0 Å². The van der Waals surface area contributed by atoms with Crippen molar-refractivity contribution >= 4 is 32.3 Å². The van der Waals surface area contributed by atoms with Crippen LogP contribution in [0.25, 0.3) is 54.6 Å². The zero-order chi connectivity index (χ0) is 37.1. The summed E-state index contributed by atoms with van der Waals surface area (Å²) in [5.41, 5.74) is 7.78. The van der Waals surface area contributed by atoms with E-state index in [1.807, 2.05) is 13.8 Å². The summed E-state index contributed by atoms with van der Waals surface area (Å²) in [5.74, 6) is 1.62. The normalized spacial score (nSPS) is 18.9.